The van der Waals surface area contributed by atoms with E-state index >= 15 is 0 Å². The van der Waals surface area contributed by atoms with Gasteiger partial charge in [0, 0.05) is 19.3 Å². The monoisotopic (exact) mass is 667 g/mol. The van der Waals surface area contributed by atoms with Crippen LogP contribution in [0.15, 0.2) is 0 Å². The molecule has 0 heterocycles. The van der Waals surface area contributed by atoms with E-state index in [1.165, 1.54) is 103 Å². The average Bonchev–Trinajstić information content (AvgIpc) is 3.03. The van der Waals surface area contributed by atoms with Crippen LogP contribution in [0.4, 0.5) is 0 Å². The Hall–Kier alpha value is -1.59. The van der Waals surface area contributed by atoms with E-state index in [-0.39, 0.29) is 31.1 Å². The molecule has 0 aromatic carbocycles. The standard InChI is InChI=1S/C41H78O6/c1-6-7-8-9-10-11-16-21-26-31-39(42)45-34-38(47-41(44)33-28-23-18-13-15-20-25-30-37(4)5)35-46-40(43)32-27-22-17-12-14-19-24-29-36(2)3/h36-38H,6-35H2,1-5H3/t38-/m1/s1. The molecule has 6 nitrogen and oxygen atoms in total. The molecular formula is C41H78O6. The summed E-state index contributed by atoms with van der Waals surface area (Å²) >= 11 is 0. The predicted octanol–water partition coefficient (Wildman–Crippen LogP) is 12.2. The molecule has 0 fully saturated rings. The van der Waals surface area contributed by atoms with Crippen LogP contribution in [0.5, 0.6) is 0 Å². The van der Waals surface area contributed by atoms with Gasteiger partial charge >= 0.3 is 17.9 Å². The Kier molecular flexibility index (Phi) is 33.1. The minimum Gasteiger partial charge on any atom is -0.462 e. The smallest absolute Gasteiger partial charge is 0.306 e. The van der Waals surface area contributed by atoms with Crippen molar-refractivity contribution in [3.05, 3.63) is 0 Å². The summed E-state index contributed by atoms with van der Waals surface area (Å²) in [5, 5.41) is 0. The molecule has 0 bridgehead atoms. The molecule has 0 saturated heterocycles. The van der Waals surface area contributed by atoms with Gasteiger partial charge in [-0.3, -0.25) is 14.4 Å². The summed E-state index contributed by atoms with van der Waals surface area (Å²) in [6, 6.07) is 0. The van der Waals surface area contributed by atoms with Gasteiger partial charge in [0.25, 0.3) is 0 Å². The Balaban J connectivity index is 4.36. The van der Waals surface area contributed by atoms with E-state index in [1.807, 2.05) is 0 Å². The lowest BCUT2D eigenvalue weighted by molar-refractivity contribution is -0.167. The Labute approximate surface area is 291 Å². The van der Waals surface area contributed by atoms with Gasteiger partial charge in [-0.2, -0.15) is 0 Å². The van der Waals surface area contributed by atoms with Gasteiger partial charge < -0.3 is 14.2 Å². The third-order valence-corrected chi connectivity index (χ3v) is 8.97. The zero-order valence-corrected chi connectivity index (χ0v) is 31.9. The van der Waals surface area contributed by atoms with Crippen molar-refractivity contribution in [3.63, 3.8) is 0 Å². The number of unbranched alkanes of at least 4 members (excludes halogenated alkanes) is 20. The molecule has 0 N–H and O–H groups in total. The first-order valence-corrected chi connectivity index (χ1v) is 20.2. The topological polar surface area (TPSA) is 78.9 Å². The second kappa shape index (κ2) is 34.3. The molecule has 6 heteroatoms. The van der Waals surface area contributed by atoms with Gasteiger partial charge in [-0.15, -0.1) is 0 Å². The van der Waals surface area contributed by atoms with Gasteiger partial charge in [0.1, 0.15) is 13.2 Å². The van der Waals surface area contributed by atoms with Gasteiger partial charge in [0.15, 0.2) is 6.10 Å². The largest absolute Gasteiger partial charge is 0.462 e. The maximum absolute atomic E-state index is 12.6. The summed E-state index contributed by atoms with van der Waals surface area (Å²) < 4.78 is 16.6. The highest BCUT2D eigenvalue weighted by molar-refractivity contribution is 5.71. The van der Waals surface area contributed by atoms with E-state index in [4.69, 9.17) is 14.2 Å². The number of carbonyl (C=O) groups excluding carboxylic acids is 3. The van der Waals surface area contributed by atoms with Crippen LogP contribution in [0.25, 0.3) is 0 Å². The Morgan fingerprint density at radius 1 is 0.404 bits per heavy atom. The van der Waals surface area contributed by atoms with Crippen LogP contribution in [0.3, 0.4) is 0 Å². The van der Waals surface area contributed by atoms with Crippen molar-refractivity contribution in [1.29, 1.82) is 0 Å². The molecule has 1 atom stereocenters. The van der Waals surface area contributed by atoms with Crippen molar-refractivity contribution in [1.82, 2.24) is 0 Å². The highest BCUT2D eigenvalue weighted by Crippen LogP contribution is 2.15. The Morgan fingerprint density at radius 2 is 0.702 bits per heavy atom. The van der Waals surface area contributed by atoms with Gasteiger partial charge in [0.2, 0.25) is 0 Å². The van der Waals surface area contributed by atoms with Crippen molar-refractivity contribution in [2.24, 2.45) is 11.8 Å². The fourth-order valence-electron chi connectivity index (χ4n) is 5.87. The van der Waals surface area contributed by atoms with Crippen LogP contribution < -0.4 is 0 Å². The van der Waals surface area contributed by atoms with Crippen LogP contribution in [-0.2, 0) is 28.6 Å². The van der Waals surface area contributed by atoms with Gasteiger partial charge in [-0.25, -0.2) is 0 Å². The third-order valence-electron chi connectivity index (χ3n) is 8.97. The molecule has 0 spiro atoms. The molecule has 0 saturated carbocycles. The normalized spacial score (nSPS) is 12.1. The summed E-state index contributed by atoms with van der Waals surface area (Å²) in [7, 11) is 0. The molecule has 0 aliphatic rings. The molecule has 0 aliphatic carbocycles. The van der Waals surface area contributed by atoms with E-state index in [9.17, 15) is 14.4 Å². The summed E-state index contributed by atoms with van der Waals surface area (Å²) in [5.74, 6) is 0.687. The highest BCUT2D eigenvalue weighted by atomic mass is 16.6. The summed E-state index contributed by atoms with van der Waals surface area (Å²) in [6.45, 7) is 11.2. The average molecular weight is 667 g/mol. The van der Waals surface area contributed by atoms with Gasteiger partial charge in [0.05, 0.1) is 0 Å². The van der Waals surface area contributed by atoms with E-state index in [1.54, 1.807) is 0 Å². The van der Waals surface area contributed by atoms with E-state index in [0.29, 0.717) is 19.3 Å². The highest BCUT2D eigenvalue weighted by Gasteiger charge is 2.19. The fourth-order valence-corrected chi connectivity index (χ4v) is 5.87. The lowest BCUT2D eigenvalue weighted by Crippen LogP contribution is -2.30. The van der Waals surface area contributed by atoms with Gasteiger partial charge in [-0.1, -0.05) is 176 Å². The zero-order valence-electron chi connectivity index (χ0n) is 31.9. The number of carbonyl (C=O) groups is 3. The maximum atomic E-state index is 12.6. The molecule has 0 unspecified atom stereocenters. The second-order valence-corrected chi connectivity index (χ2v) is 14.9. The lowest BCUT2D eigenvalue weighted by Gasteiger charge is -2.18. The van der Waals surface area contributed by atoms with Crippen LogP contribution in [-0.4, -0.2) is 37.2 Å². The van der Waals surface area contributed by atoms with Crippen molar-refractivity contribution in [2.75, 3.05) is 13.2 Å². The zero-order chi connectivity index (χ0) is 34.8. The quantitative estimate of drug-likeness (QED) is 0.0380. The molecule has 278 valence electrons. The molecule has 0 radical (unpaired) electrons. The lowest BCUT2D eigenvalue weighted by atomic mass is 10.0. The van der Waals surface area contributed by atoms with Crippen LogP contribution in [0.2, 0.25) is 0 Å². The minimum absolute atomic E-state index is 0.0670. The SMILES string of the molecule is CCCCCCCCCCCC(=O)OC[C@H](COC(=O)CCCCCCCCCC(C)C)OC(=O)CCCCCCCCCC(C)C. The minimum atomic E-state index is -0.759. The van der Waals surface area contributed by atoms with E-state index in [2.05, 4.69) is 34.6 Å². The van der Waals surface area contributed by atoms with Crippen molar-refractivity contribution in [3.8, 4) is 0 Å². The first kappa shape index (κ1) is 45.4. The molecule has 0 aromatic rings. The Morgan fingerprint density at radius 3 is 1.04 bits per heavy atom. The Bertz CT molecular complexity index is 719. The molecule has 0 amide bonds. The number of esters is 3. The summed E-state index contributed by atoms with van der Waals surface area (Å²) in [6.07, 6.45) is 29.6. The van der Waals surface area contributed by atoms with Crippen molar-refractivity contribution in [2.45, 2.75) is 221 Å². The maximum Gasteiger partial charge on any atom is 0.306 e. The van der Waals surface area contributed by atoms with Crippen molar-refractivity contribution < 1.29 is 28.6 Å². The number of rotatable bonds is 35. The number of hydrogen-bond acceptors (Lipinski definition) is 6. The molecular weight excluding hydrogens is 588 g/mol. The first-order chi connectivity index (χ1) is 22.7. The number of ether oxygens (including phenoxy) is 3. The van der Waals surface area contributed by atoms with Gasteiger partial charge in [-0.05, 0) is 31.1 Å². The third kappa shape index (κ3) is 35.5. The summed E-state index contributed by atoms with van der Waals surface area (Å²) in [4.78, 5) is 37.4. The molecule has 0 aromatic heterocycles. The predicted molar refractivity (Wildman–Crippen MR) is 196 cm³/mol. The number of hydrogen-bond donors (Lipinski definition) is 0. The first-order valence-electron chi connectivity index (χ1n) is 20.2. The van der Waals surface area contributed by atoms with Crippen LogP contribution >= 0.6 is 0 Å². The summed E-state index contributed by atoms with van der Waals surface area (Å²) in [5.41, 5.74) is 0. The van der Waals surface area contributed by atoms with E-state index < -0.39 is 6.10 Å². The van der Waals surface area contributed by atoms with E-state index in [0.717, 1.165) is 69.6 Å². The van der Waals surface area contributed by atoms with Crippen LogP contribution in [0, 0.1) is 11.8 Å². The second-order valence-electron chi connectivity index (χ2n) is 14.9. The molecule has 47 heavy (non-hydrogen) atoms. The molecule has 0 aliphatic heterocycles. The van der Waals surface area contributed by atoms with Crippen molar-refractivity contribution >= 4 is 17.9 Å². The fraction of sp³-hybridized carbons (Fsp3) is 0.927. The molecule has 0 rings (SSSR count). The van der Waals surface area contributed by atoms with Crippen LogP contribution in [0.1, 0.15) is 214 Å².